The summed E-state index contributed by atoms with van der Waals surface area (Å²) in [5.41, 5.74) is 0. The molecular weight excluding hydrogens is 489 g/mol. The number of ether oxygens (including phenoxy) is 2. The van der Waals surface area contributed by atoms with Crippen molar-refractivity contribution in [1.82, 2.24) is 0 Å². The van der Waals surface area contributed by atoms with Crippen molar-refractivity contribution in [3.8, 4) is 11.5 Å². The predicted molar refractivity (Wildman–Crippen MR) is 113 cm³/mol. The van der Waals surface area contributed by atoms with E-state index in [-0.39, 0.29) is 22.2 Å². The fraction of sp³-hybridized carbons (Fsp3) is 0.222. The van der Waals surface area contributed by atoms with Crippen LogP contribution in [-0.4, -0.2) is 35.4 Å². The molecule has 2 aromatic carbocycles. The van der Waals surface area contributed by atoms with Gasteiger partial charge in [0.1, 0.15) is 11.5 Å². The van der Waals surface area contributed by atoms with Crippen molar-refractivity contribution < 1.29 is 29.3 Å². The Bertz CT molecular complexity index is 859. The minimum atomic E-state index is -1.09. The second-order valence-electron chi connectivity index (χ2n) is 5.30. The first-order chi connectivity index (χ1) is 13.6. The first kappa shape index (κ1) is 25.5. The molecular formula is C18H15Cl5O6. The molecule has 2 N–H and O–H groups in total. The summed E-state index contributed by atoms with van der Waals surface area (Å²) in [4.78, 5) is 20.4. The standard InChI is InChI=1S/C10H10Cl2O3.C8H5Cl3O3/c11-7-3-4-9(8(12)6-7)15-5-1-2-10(13)14;9-4-1-6(11)7(2-5(4)10)14-3-8(12)13/h3-4,6H,1-2,5H2,(H,13,14);1-2H,3H2,(H,12,13). The number of carboxylic acid groups (broad SMARTS) is 2. The molecule has 11 heteroatoms. The predicted octanol–water partition coefficient (Wildman–Crippen LogP) is 6.35. The van der Waals surface area contributed by atoms with Gasteiger partial charge in [0, 0.05) is 17.5 Å². The van der Waals surface area contributed by atoms with Crippen molar-refractivity contribution in [3.63, 3.8) is 0 Å². The van der Waals surface area contributed by atoms with Gasteiger partial charge >= 0.3 is 11.9 Å². The topological polar surface area (TPSA) is 93.1 Å². The highest BCUT2D eigenvalue weighted by atomic mass is 35.5. The van der Waals surface area contributed by atoms with E-state index in [0.717, 1.165) is 0 Å². The lowest BCUT2D eigenvalue weighted by Gasteiger charge is -2.06. The molecule has 0 radical (unpaired) electrons. The average molecular weight is 505 g/mol. The van der Waals surface area contributed by atoms with Crippen molar-refractivity contribution in [2.45, 2.75) is 12.8 Å². The van der Waals surface area contributed by atoms with Crippen LogP contribution in [0.1, 0.15) is 12.8 Å². The number of rotatable bonds is 8. The SMILES string of the molecule is O=C(O)CCCOc1ccc(Cl)cc1Cl.O=C(O)COc1cc(Cl)c(Cl)cc1Cl. The molecule has 0 aliphatic heterocycles. The van der Waals surface area contributed by atoms with Gasteiger partial charge < -0.3 is 19.7 Å². The second kappa shape index (κ2) is 12.9. The number of carbonyl (C=O) groups is 2. The van der Waals surface area contributed by atoms with Gasteiger partial charge in [-0.05, 0) is 30.7 Å². The fourth-order valence-corrected chi connectivity index (χ4v) is 2.81. The molecule has 0 atom stereocenters. The minimum Gasteiger partial charge on any atom is -0.492 e. The normalized spacial score (nSPS) is 9.97. The van der Waals surface area contributed by atoms with Crippen LogP contribution in [0.5, 0.6) is 11.5 Å². The zero-order chi connectivity index (χ0) is 22.0. The lowest BCUT2D eigenvalue weighted by atomic mass is 10.3. The maximum absolute atomic E-state index is 10.2. The van der Waals surface area contributed by atoms with Gasteiger partial charge in [-0.3, -0.25) is 4.79 Å². The number of hydrogen-bond donors (Lipinski definition) is 2. The van der Waals surface area contributed by atoms with E-state index in [0.29, 0.717) is 33.8 Å². The third kappa shape index (κ3) is 10.1. The van der Waals surface area contributed by atoms with E-state index >= 15 is 0 Å². The van der Waals surface area contributed by atoms with Crippen LogP contribution in [0.3, 0.4) is 0 Å². The Labute approximate surface area is 191 Å². The lowest BCUT2D eigenvalue weighted by molar-refractivity contribution is -0.139. The smallest absolute Gasteiger partial charge is 0.341 e. The molecule has 0 saturated carbocycles. The van der Waals surface area contributed by atoms with Gasteiger partial charge in [-0.2, -0.15) is 0 Å². The summed E-state index contributed by atoms with van der Waals surface area (Å²) in [6.45, 7) is -0.147. The molecule has 0 saturated heterocycles. The number of hydrogen-bond acceptors (Lipinski definition) is 4. The molecule has 0 heterocycles. The van der Waals surface area contributed by atoms with E-state index in [1.165, 1.54) is 12.1 Å². The van der Waals surface area contributed by atoms with E-state index in [2.05, 4.69) is 0 Å². The first-order valence-corrected chi connectivity index (χ1v) is 9.78. The molecule has 6 nitrogen and oxygen atoms in total. The maximum Gasteiger partial charge on any atom is 0.341 e. The van der Waals surface area contributed by atoms with Gasteiger partial charge in [-0.15, -0.1) is 0 Å². The van der Waals surface area contributed by atoms with E-state index in [9.17, 15) is 9.59 Å². The molecule has 2 aromatic rings. The quantitative estimate of drug-likeness (QED) is 0.322. The summed E-state index contributed by atoms with van der Waals surface area (Å²) in [5, 5.41) is 18.5. The number of benzene rings is 2. The van der Waals surface area contributed by atoms with Crippen LogP contribution < -0.4 is 9.47 Å². The van der Waals surface area contributed by atoms with Crippen molar-refractivity contribution >= 4 is 69.9 Å². The van der Waals surface area contributed by atoms with Crippen molar-refractivity contribution in [3.05, 3.63) is 55.4 Å². The van der Waals surface area contributed by atoms with Crippen LogP contribution in [0.2, 0.25) is 25.1 Å². The summed E-state index contributed by atoms with van der Waals surface area (Å²) in [6.07, 6.45) is 0.541. The van der Waals surface area contributed by atoms with Crippen molar-refractivity contribution in [2.24, 2.45) is 0 Å². The highest BCUT2D eigenvalue weighted by molar-refractivity contribution is 6.43. The van der Waals surface area contributed by atoms with Crippen molar-refractivity contribution in [1.29, 1.82) is 0 Å². The molecule has 0 unspecified atom stereocenters. The molecule has 0 aliphatic rings. The molecule has 29 heavy (non-hydrogen) atoms. The third-order valence-corrected chi connectivity index (χ3v) is 4.56. The Morgan fingerprint density at radius 3 is 1.97 bits per heavy atom. The number of carboxylic acids is 2. The summed E-state index contributed by atoms with van der Waals surface area (Å²) in [7, 11) is 0. The average Bonchev–Trinajstić information content (AvgIpc) is 2.62. The van der Waals surface area contributed by atoms with Crippen LogP contribution >= 0.6 is 58.0 Å². The van der Waals surface area contributed by atoms with Gasteiger partial charge in [0.15, 0.2) is 6.61 Å². The number of halogens is 5. The second-order valence-corrected chi connectivity index (χ2v) is 7.36. The molecule has 0 aromatic heterocycles. The van der Waals surface area contributed by atoms with E-state index in [1.807, 2.05) is 0 Å². The van der Waals surface area contributed by atoms with Crippen LogP contribution in [-0.2, 0) is 9.59 Å². The van der Waals surface area contributed by atoms with Crippen LogP contribution in [0.25, 0.3) is 0 Å². The van der Waals surface area contributed by atoms with E-state index in [4.69, 9.17) is 77.7 Å². The van der Waals surface area contributed by atoms with Gasteiger partial charge in [0.05, 0.1) is 26.7 Å². The monoisotopic (exact) mass is 502 g/mol. The van der Waals surface area contributed by atoms with Gasteiger partial charge in [-0.1, -0.05) is 58.0 Å². The maximum atomic E-state index is 10.2. The zero-order valence-electron chi connectivity index (χ0n) is 14.6. The minimum absolute atomic E-state index is 0.0885. The highest BCUT2D eigenvalue weighted by Gasteiger charge is 2.08. The van der Waals surface area contributed by atoms with Crippen LogP contribution in [0.15, 0.2) is 30.3 Å². The van der Waals surface area contributed by atoms with Crippen LogP contribution in [0, 0.1) is 0 Å². The molecule has 0 spiro atoms. The molecule has 0 amide bonds. The molecule has 0 bridgehead atoms. The van der Waals surface area contributed by atoms with E-state index in [1.54, 1.807) is 18.2 Å². The number of aliphatic carboxylic acids is 2. The summed E-state index contributed by atoms with van der Waals surface area (Å²) >= 11 is 28.6. The van der Waals surface area contributed by atoms with Gasteiger partial charge in [0.2, 0.25) is 0 Å². The Morgan fingerprint density at radius 2 is 1.38 bits per heavy atom. The molecule has 2 rings (SSSR count). The molecule has 158 valence electrons. The lowest BCUT2D eigenvalue weighted by Crippen LogP contribution is -2.09. The van der Waals surface area contributed by atoms with Crippen LogP contribution in [0.4, 0.5) is 0 Å². The summed E-state index contributed by atoms with van der Waals surface area (Å²) < 4.78 is 10.1. The molecule has 0 fully saturated rings. The Balaban J connectivity index is 0.000000291. The van der Waals surface area contributed by atoms with Gasteiger partial charge in [-0.25, -0.2) is 4.79 Å². The van der Waals surface area contributed by atoms with Crippen molar-refractivity contribution in [2.75, 3.05) is 13.2 Å². The molecule has 0 aliphatic carbocycles. The first-order valence-electron chi connectivity index (χ1n) is 7.89. The highest BCUT2D eigenvalue weighted by Crippen LogP contribution is 2.33. The van der Waals surface area contributed by atoms with E-state index < -0.39 is 18.5 Å². The Hall–Kier alpha value is -1.57. The summed E-state index contributed by atoms with van der Waals surface area (Å²) in [5.74, 6) is -1.21. The third-order valence-electron chi connectivity index (χ3n) is 3.01. The largest absolute Gasteiger partial charge is 0.492 e. The summed E-state index contributed by atoms with van der Waals surface area (Å²) in [6, 6.07) is 7.67. The Morgan fingerprint density at radius 1 is 0.759 bits per heavy atom. The Kier molecular flexibility index (Phi) is 11.3. The van der Waals surface area contributed by atoms with Gasteiger partial charge in [0.25, 0.3) is 0 Å². The fourth-order valence-electron chi connectivity index (χ4n) is 1.75. The zero-order valence-corrected chi connectivity index (χ0v) is 18.4.